The van der Waals surface area contributed by atoms with E-state index in [1.54, 1.807) is 11.3 Å². The van der Waals surface area contributed by atoms with Gasteiger partial charge in [-0.3, -0.25) is 0 Å². The third-order valence-electron chi connectivity index (χ3n) is 4.05. The van der Waals surface area contributed by atoms with Crippen LogP contribution in [0.3, 0.4) is 0 Å². The Morgan fingerprint density at radius 3 is 2.67 bits per heavy atom. The normalized spacial score (nSPS) is 15.2. The first-order valence-electron chi connectivity index (χ1n) is 6.39. The minimum absolute atomic E-state index is 0.144. The van der Waals surface area contributed by atoms with E-state index in [1.165, 1.54) is 15.6 Å². The molecule has 3 N–H and O–H groups in total. The van der Waals surface area contributed by atoms with Crippen molar-refractivity contribution in [2.75, 3.05) is 13.2 Å². The molecule has 0 amide bonds. The molecule has 0 spiro atoms. The fraction of sp³-hybridized carbons (Fsp3) is 0.467. The Hall–Kier alpha value is -0.900. The number of aliphatic hydroxyl groups is 1. The van der Waals surface area contributed by atoms with E-state index in [-0.39, 0.29) is 12.0 Å². The number of nitrogens with two attached hydrogens (primary N) is 1. The van der Waals surface area contributed by atoms with E-state index in [0.717, 1.165) is 6.42 Å². The molecular formula is C15H21NOS. The Labute approximate surface area is 112 Å². The molecule has 1 unspecified atom stereocenters. The van der Waals surface area contributed by atoms with E-state index < -0.39 is 0 Å². The number of rotatable bonds is 5. The number of fused-ring (bicyclic) bond motifs is 1. The average Bonchev–Trinajstić information content (AvgIpc) is 2.79. The zero-order valence-electron chi connectivity index (χ0n) is 11.0. The Morgan fingerprint density at radius 1 is 1.33 bits per heavy atom. The van der Waals surface area contributed by atoms with Gasteiger partial charge in [-0.05, 0) is 34.7 Å². The topological polar surface area (TPSA) is 46.2 Å². The summed E-state index contributed by atoms with van der Waals surface area (Å²) < 4.78 is 1.31. The fourth-order valence-electron chi connectivity index (χ4n) is 2.36. The molecule has 18 heavy (non-hydrogen) atoms. The van der Waals surface area contributed by atoms with Gasteiger partial charge in [-0.25, -0.2) is 0 Å². The van der Waals surface area contributed by atoms with Crippen LogP contribution in [0.5, 0.6) is 0 Å². The van der Waals surface area contributed by atoms with Crippen molar-refractivity contribution in [3.05, 3.63) is 35.2 Å². The molecule has 98 valence electrons. The van der Waals surface area contributed by atoms with Gasteiger partial charge in [-0.2, -0.15) is 0 Å². The molecule has 1 heterocycles. The predicted octanol–water partition coefficient (Wildman–Crippen LogP) is 3.04. The molecule has 2 rings (SSSR count). The van der Waals surface area contributed by atoms with Crippen LogP contribution in [0.1, 0.15) is 19.4 Å². The third kappa shape index (κ3) is 2.30. The van der Waals surface area contributed by atoms with E-state index in [4.69, 9.17) is 5.73 Å². The lowest BCUT2D eigenvalue weighted by atomic mass is 9.73. The minimum atomic E-state index is -0.205. The zero-order chi connectivity index (χ0) is 13.2. The third-order valence-corrected chi connectivity index (χ3v) is 5.06. The van der Waals surface area contributed by atoms with E-state index >= 15 is 0 Å². The van der Waals surface area contributed by atoms with Crippen LogP contribution in [0, 0.1) is 11.3 Å². The zero-order valence-corrected chi connectivity index (χ0v) is 11.8. The second-order valence-electron chi connectivity index (χ2n) is 5.31. The molecular weight excluding hydrogens is 242 g/mol. The van der Waals surface area contributed by atoms with E-state index in [9.17, 15) is 5.11 Å². The molecule has 0 bridgehead atoms. The fourth-order valence-corrected chi connectivity index (χ4v) is 3.33. The summed E-state index contributed by atoms with van der Waals surface area (Å²) in [6.07, 6.45) is 0.849. The van der Waals surface area contributed by atoms with Crippen molar-refractivity contribution in [3.8, 4) is 0 Å². The monoisotopic (exact) mass is 263 g/mol. The van der Waals surface area contributed by atoms with Gasteiger partial charge in [0.1, 0.15) is 0 Å². The van der Waals surface area contributed by atoms with E-state index in [2.05, 4.69) is 43.5 Å². The lowest BCUT2D eigenvalue weighted by Crippen LogP contribution is -2.41. The van der Waals surface area contributed by atoms with Gasteiger partial charge in [-0.15, -0.1) is 11.3 Å². The molecule has 0 aliphatic carbocycles. The first-order valence-corrected chi connectivity index (χ1v) is 7.27. The average molecular weight is 263 g/mol. The van der Waals surface area contributed by atoms with Crippen LogP contribution in [0.4, 0.5) is 0 Å². The molecule has 0 radical (unpaired) electrons. The van der Waals surface area contributed by atoms with Crippen LogP contribution in [0.25, 0.3) is 10.1 Å². The summed E-state index contributed by atoms with van der Waals surface area (Å²) in [7, 11) is 0. The van der Waals surface area contributed by atoms with Gasteiger partial charge in [0.15, 0.2) is 0 Å². The van der Waals surface area contributed by atoms with Crippen molar-refractivity contribution in [3.63, 3.8) is 0 Å². The van der Waals surface area contributed by atoms with Crippen molar-refractivity contribution in [2.45, 2.75) is 20.3 Å². The molecule has 3 heteroatoms. The lowest BCUT2D eigenvalue weighted by Gasteiger charge is -2.34. The Kier molecular flexibility index (Phi) is 4.05. The van der Waals surface area contributed by atoms with E-state index in [0.29, 0.717) is 12.5 Å². The number of hydrogen-bond donors (Lipinski definition) is 2. The Morgan fingerprint density at radius 2 is 2.06 bits per heavy atom. The summed E-state index contributed by atoms with van der Waals surface area (Å²) in [5, 5.41) is 13.2. The van der Waals surface area contributed by atoms with Crippen LogP contribution in [-0.2, 0) is 6.42 Å². The molecule has 1 aromatic heterocycles. The second-order valence-corrected chi connectivity index (χ2v) is 6.22. The standard InChI is InChI=1S/C15H21NOS/c1-11(2)15(9-16,10-17)7-12-8-18-14-6-4-3-5-13(12)14/h3-6,8,11,17H,7,9-10,16H2,1-2H3. The number of thiophene rings is 1. The van der Waals surface area contributed by atoms with Crippen molar-refractivity contribution >= 4 is 21.4 Å². The van der Waals surface area contributed by atoms with Crippen molar-refractivity contribution in [1.82, 2.24) is 0 Å². The van der Waals surface area contributed by atoms with Crippen LogP contribution < -0.4 is 5.73 Å². The largest absolute Gasteiger partial charge is 0.396 e. The number of benzene rings is 1. The molecule has 2 nitrogen and oxygen atoms in total. The van der Waals surface area contributed by atoms with Gasteiger partial charge >= 0.3 is 0 Å². The molecule has 0 fully saturated rings. The summed E-state index contributed by atoms with van der Waals surface area (Å²) in [5.41, 5.74) is 7.03. The number of hydrogen-bond acceptors (Lipinski definition) is 3. The molecule has 0 saturated heterocycles. The number of aliphatic hydroxyl groups excluding tert-OH is 1. The maximum Gasteiger partial charge on any atom is 0.0505 e. The Balaban J connectivity index is 2.37. The minimum Gasteiger partial charge on any atom is -0.396 e. The van der Waals surface area contributed by atoms with Crippen LogP contribution in [0.2, 0.25) is 0 Å². The van der Waals surface area contributed by atoms with E-state index in [1.807, 2.05) is 0 Å². The van der Waals surface area contributed by atoms with Gasteiger partial charge in [0.05, 0.1) is 6.61 Å². The molecule has 2 aromatic rings. The SMILES string of the molecule is CC(C)C(CN)(CO)Cc1csc2ccccc12. The maximum absolute atomic E-state index is 9.74. The van der Waals surface area contributed by atoms with Gasteiger partial charge in [0, 0.05) is 16.7 Å². The summed E-state index contributed by atoms with van der Waals surface area (Å²) in [6.45, 7) is 4.94. The first-order chi connectivity index (χ1) is 8.63. The van der Waals surface area contributed by atoms with Gasteiger partial charge in [-0.1, -0.05) is 32.0 Å². The molecule has 1 atom stereocenters. The van der Waals surface area contributed by atoms with Crippen molar-refractivity contribution < 1.29 is 5.11 Å². The van der Waals surface area contributed by atoms with Crippen molar-refractivity contribution in [1.29, 1.82) is 0 Å². The molecule has 0 aliphatic rings. The van der Waals surface area contributed by atoms with Crippen LogP contribution in [-0.4, -0.2) is 18.3 Å². The molecule has 1 aromatic carbocycles. The summed E-state index contributed by atoms with van der Waals surface area (Å²) >= 11 is 1.76. The highest BCUT2D eigenvalue weighted by Crippen LogP contribution is 2.35. The van der Waals surface area contributed by atoms with Gasteiger partial charge < -0.3 is 10.8 Å². The highest BCUT2D eigenvalue weighted by Gasteiger charge is 2.32. The van der Waals surface area contributed by atoms with Gasteiger partial charge in [0.2, 0.25) is 0 Å². The summed E-state index contributed by atoms with van der Waals surface area (Å²) in [5.74, 6) is 0.367. The lowest BCUT2D eigenvalue weighted by molar-refractivity contribution is 0.0847. The Bertz CT molecular complexity index is 514. The summed E-state index contributed by atoms with van der Waals surface area (Å²) in [6, 6.07) is 8.42. The summed E-state index contributed by atoms with van der Waals surface area (Å²) in [4.78, 5) is 0. The molecule has 0 saturated carbocycles. The van der Waals surface area contributed by atoms with Crippen LogP contribution in [0.15, 0.2) is 29.6 Å². The van der Waals surface area contributed by atoms with Crippen LogP contribution >= 0.6 is 11.3 Å². The maximum atomic E-state index is 9.74. The van der Waals surface area contributed by atoms with Gasteiger partial charge in [0.25, 0.3) is 0 Å². The highest BCUT2D eigenvalue weighted by atomic mass is 32.1. The highest BCUT2D eigenvalue weighted by molar-refractivity contribution is 7.17. The predicted molar refractivity (Wildman–Crippen MR) is 78.9 cm³/mol. The first kappa shape index (κ1) is 13.5. The quantitative estimate of drug-likeness (QED) is 0.871. The molecule has 0 aliphatic heterocycles. The second kappa shape index (κ2) is 5.39. The van der Waals surface area contributed by atoms with Crippen molar-refractivity contribution in [2.24, 2.45) is 17.1 Å². The smallest absolute Gasteiger partial charge is 0.0505 e.